The largest absolute Gasteiger partial charge is 0.463 e. The molecule has 0 saturated carbocycles. The Morgan fingerprint density at radius 3 is 2.00 bits per heavy atom. The van der Waals surface area contributed by atoms with Gasteiger partial charge in [0, 0.05) is 0 Å². The molecule has 1 atom stereocenters. The average Bonchev–Trinajstić information content (AvgIpc) is 2.93. The zero-order valence-electron chi connectivity index (χ0n) is 10.8. The fourth-order valence-corrected chi connectivity index (χ4v) is 1.75. The molecule has 0 aromatic rings. The Bertz CT molecular complexity index is 279. The maximum absolute atomic E-state index is 11.8. The minimum atomic E-state index is -1.50. The molecule has 0 aliphatic carbocycles. The summed E-state index contributed by atoms with van der Waals surface area (Å²) in [7, 11) is 0. The van der Waals surface area contributed by atoms with Crippen LogP contribution in [0.3, 0.4) is 0 Å². The molecule has 1 fully saturated rings. The Kier molecular flexibility index (Phi) is 4.51. The first-order chi connectivity index (χ1) is 7.98. The quantitative estimate of drug-likeness (QED) is 0.400. The molecule has 98 valence electrons. The van der Waals surface area contributed by atoms with Crippen LogP contribution in [0.15, 0.2) is 0 Å². The molecular weight excluding hydrogens is 224 g/mol. The zero-order valence-corrected chi connectivity index (χ0v) is 10.8. The van der Waals surface area contributed by atoms with E-state index in [9.17, 15) is 9.59 Å². The highest BCUT2D eigenvalue weighted by molar-refractivity contribution is 6.07. The molecule has 0 N–H and O–H groups in total. The van der Waals surface area contributed by atoms with Gasteiger partial charge in [-0.1, -0.05) is 13.8 Å². The van der Waals surface area contributed by atoms with Crippen LogP contribution in [0.1, 0.15) is 34.1 Å². The number of epoxide rings is 1. The molecular formula is C12H20O5. The van der Waals surface area contributed by atoms with Crippen molar-refractivity contribution in [3.63, 3.8) is 0 Å². The molecule has 1 heterocycles. The molecule has 0 radical (unpaired) electrons. The lowest BCUT2D eigenvalue weighted by Crippen LogP contribution is -2.40. The van der Waals surface area contributed by atoms with Crippen LogP contribution in [-0.4, -0.2) is 36.9 Å². The molecule has 0 amide bonds. The molecule has 1 aliphatic heterocycles. The fourth-order valence-electron chi connectivity index (χ4n) is 1.75. The van der Waals surface area contributed by atoms with Gasteiger partial charge in [-0.15, -0.1) is 0 Å². The van der Waals surface area contributed by atoms with E-state index < -0.39 is 23.6 Å². The van der Waals surface area contributed by atoms with Gasteiger partial charge in [-0.25, -0.2) is 9.59 Å². The molecule has 1 unspecified atom stereocenters. The van der Waals surface area contributed by atoms with E-state index in [0.717, 1.165) is 0 Å². The smallest absolute Gasteiger partial charge is 0.353 e. The van der Waals surface area contributed by atoms with Crippen molar-refractivity contribution in [2.24, 2.45) is 5.92 Å². The van der Waals surface area contributed by atoms with Crippen LogP contribution in [0.25, 0.3) is 0 Å². The minimum Gasteiger partial charge on any atom is -0.463 e. The second-order valence-electron chi connectivity index (χ2n) is 4.41. The van der Waals surface area contributed by atoms with Crippen molar-refractivity contribution in [1.29, 1.82) is 0 Å². The van der Waals surface area contributed by atoms with Crippen molar-refractivity contribution in [3.8, 4) is 0 Å². The molecule has 0 aromatic carbocycles. The molecule has 5 nitrogen and oxygen atoms in total. The maximum atomic E-state index is 11.8. The predicted octanol–water partition coefficient (Wildman–Crippen LogP) is 1.30. The molecule has 17 heavy (non-hydrogen) atoms. The average molecular weight is 244 g/mol. The third-order valence-corrected chi connectivity index (χ3v) is 2.57. The van der Waals surface area contributed by atoms with Gasteiger partial charge in [0.2, 0.25) is 0 Å². The van der Waals surface area contributed by atoms with E-state index in [1.165, 1.54) is 0 Å². The maximum Gasteiger partial charge on any atom is 0.353 e. The van der Waals surface area contributed by atoms with Crippen LogP contribution >= 0.6 is 0 Å². The van der Waals surface area contributed by atoms with Crippen molar-refractivity contribution in [2.75, 3.05) is 13.2 Å². The van der Waals surface area contributed by atoms with Crippen molar-refractivity contribution < 1.29 is 23.8 Å². The van der Waals surface area contributed by atoms with E-state index in [1.807, 2.05) is 13.8 Å². The first-order valence-electron chi connectivity index (χ1n) is 6.01. The number of carbonyl (C=O) groups is 2. The highest BCUT2D eigenvalue weighted by Crippen LogP contribution is 2.42. The lowest BCUT2D eigenvalue weighted by Gasteiger charge is -2.11. The van der Waals surface area contributed by atoms with Gasteiger partial charge >= 0.3 is 11.9 Å². The zero-order chi connectivity index (χ0) is 13.1. The SMILES string of the molecule is CCOC(=O)C1(C(=O)OCC)OC1CC(C)C. The van der Waals surface area contributed by atoms with Gasteiger partial charge in [0.25, 0.3) is 5.60 Å². The van der Waals surface area contributed by atoms with Gasteiger partial charge in [-0.2, -0.15) is 0 Å². The van der Waals surface area contributed by atoms with E-state index in [0.29, 0.717) is 12.3 Å². The Balaban J connectivity index is 2.75. The number of ether oxygens (including phenoxy) is 3. The number of esters is 2. The Morgan fingerprint density at radius 2 is 1.65 bits per heavy atom. The van der Waals surface area contributed by atoms with E-state index in [2.05, 4.69) is 0 Å². The van der Waals surface area contributed by atoms with Crippen LogP contribution in [0.2, 0.25) is 0 Å². The normalized spacial score (nSPS) is 21.1. The standard InChI is InChI=1S/C12H20O5/c1-5-15-10(13)12(11(14)16-6-2)9(17-12)7-8(3)4/h8-9H,5-7H2,1-4H3. The molecule has 1 aliphatic rings. The molecule has 1 rings (SSSR count). The van der Waals surface area contributed by atoms with E-state index >= 15 is 0 Å². The monoisotopic (exact) mass is 244 g/mol. The fraction of sp³-hybridized carbons (Fsp3) is 0.833. The summed E-state index contributed by atoms with van der Waals surface area (Å²) in [6.07, 6.45) is 0.220. The number of hydrogen-bond donors (Lipinski definition) is 0. The molecule has 1 saturated heterocycles. The van der Waals surface area contributed by atoms with Gasteiger partial charge in [0.1, 0.15) is 6.10 Å². The number of hydrogen-bond acceptors (Lipinski definition) is 5. The number of carbonyl (C=O) groups excluding carboxylic acids is 2. The highest BCUT2D eigenvalue weighted by atomic mass is 16.7. The van der Waals surface area contributed by atoms with Crippen LogP contribution in [-0.2, 0) is 23.8 Å². The van der Waals surface area contributed by atoms with Crippen LogP contribution in [0.4, 0.5) is 0 Å². The van der Waals surface area contributed by atoms with Crippen molar-refractivity contribution >= 4 is 11.9 Å². The second kappa shape index (κ2) is 5.49. The first kappa shape index (κ1) is 14.0. The van der Waals surface area contributed by atoms with Crippen LogP contribution in [0, 0.1) is 5.92 Å². The van der Waals surface area contributed by atoms with Crippen molar-refractivity contribution in [3.05, 3.63) is 0 Å². The van der Waals surface area contributed by atoms with Gasteiger partial charge in [0.05, 0.1) is 13.2 Å². The summed E-state index contributed by atoms with van der Waals surface area (Å²) >= 11 is 0. The summed E-state index contributed by atoms with van der Waals surface area (Å²) in [5, 5.41) is 0. The third kappa shape index (κ3) is 2.77. The summed E-state index contributed by atoms with van der Waals surface area (Å²) < 4.78 is 15.1. The minimum absolute atomic E-state index is 0.220. The van der Waals surface area contributed by atoms with E-state index in [1.54, 1.807) is 13.8 Å². The Morgan fingerprint density at radius 1 is 1.18 bits per heavy atom. The molecule has 5 heteroatoms. The lowest BCUT2D eigenvalue weighted by molar-refractivity contribution is -0.163. The topological polar surface area (TPSA) is 65.1 Å². The molecule has 0 aromatic heterocycles. The third-order valence-electron chi connectivity index (χ3n) is 2.57. The van der Waals surface area contributed by atoms with Crippen molar-refractivity contribution in [1.82, 2.24) is 0 Å². The summed E-state index contributed by atoms with van der Waals surface area (Å²) in [5.74, 6) is -0.932. The van der Waals surface area contributed by atoms with Crippen LogP contribution in [0.5, 0.6) is 0 Å². The molecule has 0 spiro atoms. The van der Waals surface area contributed by atoms with Crippen LogP contribution < -0.4 is 0 Å². The van der Waals surface area contributed by atoms with Crippen molar-refractivity contribution in [2.45, 2.75) is 45.8 Å². The van der Waals surface area contributed by atoms with E-state index in [-0.39, 0.29) is 13.2 Å². The Hall–Kier alpha value is -1.10. The van der Waals surface area contributed by atoms with E-state index in [4.69, 9.17) is 14.2 Å². The van der Waals surface area contributed by atoms with Gasteiger partial charge in [-0.3, -0.25) is 0 Å². The number of rotatable bonds is 6. The summed E-state index contributed by atoms with van der Waals surface area (Å²) in [6.45, 7) is 7.83. The summed E-state index contributed by atoms with van der Waals surface area (Å²) in [5.41, 5.74) is -1.50. The van der Waals surface area contributed by atoms with Gasteiger partial charge < -0.3 is 14.2 Å². The molecule has 0 bridgehead atoms. The Labute approximate surface area is 101 Å². The predicted molar refractivity (Wildman–Crippen MR) is 60.3 cm³/mol. The lowest BCUT2D eigenvalue weighted by atomic mass is 9.98. The summed E-state index contributed by atoms with van der Waals surface area (Å²) in [4.78, 5) is 23.6. The summed E-state index contributed by atoms with van der Waals surface area (Å²) in [6, 6.07) is 0. The second-order valence-corrected chi connectivity index (χ2v) is 4.41. The van der Waals surface area contributed by atoms with Gasteiger partial charge in [-0.05, 0) is 26.2 Å². The first-order valence-corrected chi connectivity index (χ1v) is 6.01. The highest BCUT2D eigenvalue weighted by Gasteiger charge is 2.70. The van der Waals surface area contributed by atoms with Gasteiger partial charge in [0.15, 0.2) is 0 Å².